The van der Waals surface area contributed by atoms with Crippen LogP contribution >= 0.6 is 0 Å². The topological polar surface area (TPSA) is 60.2 Å². The van der Waals surface area contributed by atoms with Gasteiger partial charge in [-0.05, 0) is 50.6 Å². The van der Waals surface area contributed by atoms with Crippen LogP contribution in [0.2, 0.25) is 0 Å². The summed E-state index contributed by atoms with van der Waals surface area (Å²) in [7, 11) is 1.53. The number of aromatic hydroxyl groups is 1. The average molecular weight is 297 g/mol. The van der Waals surface area contributed by atoms with Crippen molar-refractivity contribution in [1.29, 1.82) is 0 Å². The number of phenolic OH excluding ortho intramolecular Hbond substituents is 1. The number of nitrogens with zero attached hydrogens (tertiary/aromatic N) is 3. The number of hydrogen-bond donors (Lipinski definition) is 1. The number of pyridine rings is 1. The number of rotatable bonds is 3. The second-order valence-electron chi connectivity index (χ2n) is 5.31. The third kappa shape index (κ3) is 2.19. The number of ether oxygens (including phenoxy) is 1. The van der Waals surface area contributed by atoms with Gasteiger partial charge in [-0.3, -0.25) is 4.68 Å². The molecule has 2 heterocycles. The number of phenols is 1. The van der Waals surface area contributed by atoms with E-state index in [9.17, 15) is 5.11 Å². The molecule has 0 saturated heterocycles. The van der Waals surface area contributed by atoms with Crippen molar-refractivity contribution in [2.75, 3.05) is 7.11 Å². The standard InChI is InChI=1S/C17H19N3O2/c1-5-20-11(3)16-10(2)8-13(18-17(16)19-20)12-6-7-14(21)15(9-12)22-4/h6-9,21H,5H2,1-4H3. The summed E-state index contributed by atoms with van der Waals surface area (Å²) in [6.45, 7) is 7.03. The number of benzene rings is 1. The molecule has 3 rings (SSSR count). The van der Waals surface area contributed by atoms with Crippen molar-refractivity contribution in [3.05, 3.63) is 35.5 Å². The van der Waals surface area contributed by atoms with Crippen LogP contribution in [0.1, 0.15) is 18.2 Å². The van der Waals surface area contributed by atoms with Gasteiger partial charge in [0.25, 0.3) is 0 Å². The monoisotopic (exact) mass is 297 g/mol. The molecule has 0 unspecified atom stereocenters. The van der Waals surface area contributed by atoms with Crippen molar-refractivity contribution >= 4 is 11.0 Å². The molecule has 0 atom stereocenters. The second kappa shape index (κ2) is 5.33. The number of fused-ring (bicyclic) bond motifs is 1. The highest BCUT2D eigenvalue weighted by molar-refractivity contribution is 5.84. The van der Waals surface area contributed by atoms with Crippen LogP contribution in [0.15, 0.2) is 24.3 Å². The highest BCUT2D eigenvalue weighted by Crippen LogP contribution is 2.32. The predicted octanol–water partition coefficient (Wildman–Crippen LogP) is 3.45. The fourth-order valence-corrected chi connectivity index (χ4v) is 2.79. The van der Waals surface area contributed by atoms with E-state index in [4.69, 9.17) is 4.74 Å². The van der Waals surface area contributed by atoms with Crippen molar-refractivity contribution in [3.8, 4) is 22.8 Å². The maximum atomic E-state index is 9.72. The Balaban J connectivity index is 2.20. The number of hydrogen-bond acceptors (Lipinski definition) is 4. The van der Waals surface area contributed by atoms with Crippen LogP contribution in [-0.4, -0.2) is 27.0 Å². The van der Waals surface area contributed by atoms with E-state index in [-0.39, 0.29) is 5.75 Å². The molecule has 3 aromatic rings. The van der Waals surface area contributed by atoms with Crippen molar-refractivity contribution in [1.82, 2.24) is 14.8 Å². The fraction of sp³-hybridized carbons (Fsp3) is 0.294. The summed E-state index contributed by atoms with van der Waals surface area (Å²) in [4.78, 5) is 4.67. The van der Waals surface area contributed by atoms with Crippen LogP contribution < -0.4 is 4.74 Å². The van der Waals surface area contributed by atoms with Gasteiger partial charge in [0.2, 0.25) is 0 Å². The molecule has 2 aromatic heterocycles. The van der Waals surface area contributed by atoms with Crippen LogP contribution in [0.4, 0.5) is 0 Å². The molecule has 22 heavy (non-hydrogen) atoms. The van der Waals surface area contributed by atoms with Crippen LogP contribution in [0.3, 0.4) is 0 Å². The Bertz CT molecular complexity index is 853. The van der Waals surface area contributed by atoms with E-state index in [1.807, 2.05) is 16.8 Å². The molecule has 0 spiro atoms. The van der Waals surface area contributed by atoms with E-state index in [0.717, 1.165) is 40.1 Å². The van der Waals surface area contributed by atoms with Gasteiger partial charge in [0.05, 0.1) is 12.8 Å². The van der Waals surface area contributed by atoms with Crippen LogP contribution in [-0.2, 0) is 6.54 Å². The summed E-state index contributed by atoms with van der Waals surface area (Å²) in [5.74, 6) is 0.558. The van der Waals surface area contributed by atoms with Gasteiger partial charge >= 0.3 is 0 Å². The van der Waals surface area contributed by atoms with E-state index in [1.165, 1.54) is 7.11 Å². The smallest absolute Gasteiger partial charge is 0.182 e. The molecular formula is C17H19N3O2. The predicted molar refractivity (Wildman–Crippen MR) is 86.3 cm³/mol. The Morgan fingerprint density at radius 3 is 2.68 bits per heavy atom. The zero-order chi connectivity index (χ0) is 15.9. The minimum Gasteiger partial charge on any atom is -0.504 e. The van der Waals surface area contributed by atoms with Gasteiger partial charge < -0.3 is 9.84 Å². The molecule has 5 heteroatoms. The first kappa shape index (κ1) is 14.4. The van der Waals surface area contributed by atoms with Gasteiger partial charge in [-0.15, -0.1) is 0 Å². The quantitative estimate of drug-likeness (QED) is 0.804. The van der Waals surface area contributed by atoms with Crippen LogP contribution in [0.5, 0.6) is 11.5 Å². The lowest BCUT2D eigenvalue weighted by molar-refractivity contribution is 0.373. The fourth-order valence-electron chi connectivity index (χ4n) is 2.79. The average Bonchev–Trinajstić information content (AvgIpc) is 2.84. The Hall–Kier alpha value is -2.56. The number of aromatic nitrogens is 3. The zero-order valence-electron chi connectivity index (χ0n) is 13.2. The molecule has 114 valence electrons. The normalized spacial score (nSPS) is 11.1. The van der Waals surface area contributed by atoms with Gasteiger partial charge in [0.1, 0.15) is 0 Å². The van der Waals surface area contributed by atoms with Crippen molar-refractivity contribution in [2.24, 2.45) is 0 Å². The van der Waals surface area contributed by atoms with Gasteiger partial charge in [-0.25, -0.2) is 4.98 Å². The van der Waals surface area contributed by atoms with Crippen LogP contribution in [0.25, 0.3) is 22.3 Å². The molecular weight excluding hydrogens is 278 g/mol. The van der Waals surface area contributed by atoms with E-state index in [0.29, 0.717) is 5.75 Å². The Morgan fingerprint density at radius 1 is 1.23 bits per heavy atom. The van der Waals surface area contributed by atoms with Gasteiger partial charge in [-0.2, -0.15) is 5.10 Å². The molecule has 0 aliphatic heterocycles. The molecule has 5 nitrogen and oxygen atoms in total. The lowest BCUT2D eigenvalue weighted by atomic mass is 10.1. The summed E-state index contributed by atoms with van der Waals surface area (Å²) in [6.07, 6.45) is 0. The maximum absolute atomic E-state index is 9.72. The molecule has 1 N–H and O–H groups in total. The molecule has 0 saturated carbocycles. The molecule has 0 radical (unpaired) electrons. The van der Waals surface area contributed by atoms with E-state index < -0.39 is 0 Å². The minimum absolute atomic E-state index is 0.121. The SMILES string of the molecule is CCn1nc2nc(-c3ccc(O)c(OC)c3)cc(C)c2c1C. The molecule has 0 bridgehead atoms. The maximum Gasteiger partial charge on any atom is 0.182 e. The Labute approximate surface area is 129 Å². The Kier molecular flexibility index (Phi) is 3.48. The molecule has 0 amide bonds. The first-order valence-electron chi connectivity index (χ1n) is 7.27. The van der Waals surface area contributed by atoms with Gasteiger partial charge in [-0.1, -0.05) is 0 Å². The lowest BCUT2D eigenvalue weighted by Gasteiger charge is -2.07. The van der Waals surface area contributed by atoms with Crippen molar-refractivity contribution in [2.45, 2.75) is 27.3 Å². The molecule has 1 aromatic carbocycles. The molecule has 0 fully saturated rings. The first-order valence-corrected chi connectivity index (χ1v) is 7.27. The highest BCUT2D eigenvalue weighted by Gasteiger charge is 2.13. The molecule has 0 aliphatic rings. The van der Waals surface area contributed by atoms with Crippen molar-refractivity contribution in [3.63, 3.8) is 0 Å². The summed E-state index contributed by atoms with van der Waals surface area (Å²) in [6, 6.07) is 7.27. The first-order chi connectivity index (χ1) is 10.5. The largest absolute Gasteiger partial charge is 0.504 e. The summed E-state index contributed by atoms with van der Waals surface area (Å²) in [5, 5.41) is 15.4. The minimum atomic E-state index is 0.121. The molecule has 0 aliphatic carbocycles. The summed E-state index contributed by atoms with van der Waals surface area (Å²) in [5.41, 5.74) is 4.75. The summed E-state index contributed by atoms with van der Waals surface area (Å²) >= 11 is 0. The second-order valence-corrected chi connectivity index (χ2v) is 5.31. The van der Waals surface area contributed by atoms with Crippen molar-refractivity contribution < 1.29 is 9.84 Å². The number of methoxy groups -OCH3 is 1. The highest BCUT2D eigenvalue weighted by atomic mass is 16.5. The van der Waals surface area contributed by atoms with Gasteiger partial charge in [0.15, 0.2) is 17.1 Å². The third-order valence-corrected chi connectivity index (χ3v) is 3.94. The number of aryl methyl sites for hydroxylation is 3. The lowest BCUT2D eigenvalue weighted by Crippen LogP contribution is -1.98. The van der Waals surface area contributed by atoms with Crippen LogP contribution in [0, 0.1) is 13.8 Å². The van der Waals surface area contributed by atoms with E-state index >= 15 is 0 Å². The van der Waals surface area contributed by atoms with Gasteiger partial charge in [0, 0.05) is 23.2 Å². The third-order valence-electron chi connectivity index (χ3n) is 3.94. The zero-order valence-corrected chi connectivity index (χ0v) is 13.2. The Morgan fingerprint density at radius 2 is 2.00 bits per heavy atom. The summed E-state index contributed by atoms with van der Waals surface area (Å²) < 4.78 is 7.13. The van der Waals surface area contributed by atoms with E-state index in [2.05, 4.69) is 30.9 Å². The van der Waals surface area contributed by atoms with E-state index in [1.54, 1.807) is 12.1 Å².